The van der Waals surface area contributed by atoms with Gasteiger partial charge in [0.05, 0.1) is 12.8 Å². The quantitative estimate of drug-likeness (QED) is 0.222. The number of carbonyl (C=O) groups is 2. The van der Waals surface area contributed by atoms with E-state index in [1.54, 1.807) is 12.0 Å². The molecule has 1 aliphatic rings. The maximum absolute atomic E-state index is 14.0. The van der Waals surface area contributed by atoms with E-state index in [2.05, 4.69) is 20.5 Å². The predicted molar refractivity (Wildman–Crippen MR) is 168 cm³/mol. The zero-order valence-corrected chi connectivity index (χ0v) is 25.2. The van der Waals surface area contributed by atoms with Crippen LogP contribution in [0.5, 0.6) is 5.75 Å². The van der Waals surface area contributed by atoms with Crippen LogP contribution in [0.1, 0.15) is 48.3 Å². The molecule has 2 heterocycles. The lowest BCUT2D eigenvalue weighted by molar-refractivity contribution is -0.118. The molecule has 0 spiro atoms. The molecule has 3 amide bonds. The molecule has 8 nitrogen and oxygen atoms in total. The number of aromatic nitrogens is 1. The summed E-state index contributed by atoms with van der Waals surface area (Å²) in [5, 5.41) is 7.13. The van der Waals surface area contributed by atoms with Crippen LogP contribution in [0.15, 0.2) is 72.9 Å². The monoisotopic (exact) mass is 585 g/mol. The second-order valence-corrected chi connectivity index (χ2v) is 11.6. The van der Waals surface area contributed by atoms with Gasteiger partial charge in [-0.25, -0.2) is 9.18 Å². The molecule has 1 fully saturated rings. The number of benzene rings is 3. The van der Waals surface area contributed by atoms with E-state index in [0.717, 1.165) is 40.4 Å². The summed E-state index contributed by atoms with van der Waals surface area (Å²) in [6.45, 7) is 3.75. The predicted octanol–water partition coefficient (Wildman–Crippen LogP) is 6.08. The highest BCUT2D eigenvalue weighted by Crippen LogP contribution is 2.32. The maximum atomic E-state index is 14.0. The van der Waals surface area contributed by atoms with Gasteiger partial charge in [0.25, 0.3) is 0 Å². The number of ether oxygens (including phenoxy) is 1. The van der Waals surface area contributed by atoms with E-state index in [1.807, 2.05) is 81.8 Å². The van der Waals surface area contributed by atoms with Gasteiger partial charge in [0, 0.05) is 42.7 Å². The van der Waals surface area contributed by atoms with E-state index in [1.165, 1.54) is 12.1 Å². The average molecular weight is 586 g/mol. The summed E-state index contributed by atoms with van der Waals surface area (Å²) >= 11 is 0. The van der Waals surface area contributed by atoms with E-state index >= 15 is 0 Å². The van der Waals surface area contributed by atoms with Crippen LogP contribution in [0.2, 0.25) is 0 Å². The van der Waals surface area contributed by atoms with Crippen molar-refractivity contribution in [2.45, 2.75) is 44.2 Å². The number of H-pyrrole nitrogens is 1. The number of carbonyl (C=O) groups excluding carboxylic acids is 2. The molecular weight excluding hydrogens is 545 g/mol. The minimum absolute atomic E-state index is 0.253. The Bertz CT molecular complexity index is 1560. The van der Waals surface area contributed by atoms with Gasteiger partial charge in [-0.15, -0.1) is 0 Å². The molecule has 4 aromatic rings. The molecule has 43 heavy (non-hydrogen) atoms. The minimum Gasteiger partial charge on any atom is -0.495 e. The Morgan fingerprint density at radius 3 is 2.49 bits per heavy atom. The number of hydrogen-bond acceptors (Lipinski definition) is 4. The van der Waals surface area contributed by atoms with Crippen molar-refractivity contribution in [1.29, 1.82) is 0 Å². The Morgan fingerprint density at radius 1 is 1.07 bits per heavy atom. The van der Waals surface area contributed by atoms with E-state index < -0.39 is 6.04 Å². The number of halogens is 1. The Kier molecular flexibility index (Phi) is 9.31. The Balaban J connectivity index is 1.37. The lowest BCUT2D eigenvalue weighted by Gasteiger charge is -2.34. The van der Waals surface area contributed by atoms with Crippen molar-refractivity contribution in [3.63, 3.8) is 0 Å². The van der Waals surface area contributed by atoms with Gasteiger partial charge in [-0.3, -0.25) is 4.79 Å². The molecule has 1 aliphatic heterocycles. The van der Waals surface area contributed by atoms with Crippen molar-refractivity contribution in [1.82, 2.24) is 20.1 Å². The fraction of sp³-hybridized carbons (Fsp3) is 0.353. The number of nitrogens with one attached hydrogen (secondary N) is 3. The van der Waals surface area contributed by atoms with Crippen LogP contribution in [0.3, 0.4) is 0 Å². The molecule has 0 saturated carbocycles. The third kappa shape index (κ3) is 7.00. The average Bonchev–Trinajstić information content (AvgIpc) is 3.44. The molecule has 3 N–H and O–H groups in total. The number of piperidine rings is 1. The lowest BCUT2D eigenvalue weighted by atomic mass is 9.89. The zero-order valence-electron chi connectivity index (χ0n) is 25.2. The van der Waals surface area contributed by atoms with Gasteiger partial charge in [0.2, 0.25) is 5.91 Å². The summed E-state index contributed by atoms with van der Waals surface area (Å²) in [7, 11) is 5.54. The number of fused-ring (bicyclic) bond motifs is 1. The SMILES string of the molecule is COc1ccc(CN(C)C)cc1NC(=O)[C@H](NC(=O)N1CCC(c2ccc(F)cc2)CC1)[C@@H](C)c1c[nH]c2ccccc12. The van der Waals surface area contributed by atoms with Gasteiger partial charge in [-0.2, -0.15) is 0 Å². The molecule has 1 saturated heterocycles. The highest BCUT2D eigenvalue weighted by molar-refractivity contribution is 5.99. The first-order valence-corrected chi connectivity index (χ1v) is 14.7. The minimum atomic E-state index is -0.858. The van der Waals surface area contributed by atoms with Crippen molar-refractivity contribution in [3.8, 4) is 5.75 Å². The summed E-state index contributed by atoms with van der Waals surface area (Å²) in [4.78, 5) is 34.8. The first kappa shape index (κ1) is 30.1. The second-order valence-electron chi connectivity index (χ2n) is 11.6. The summed E-state index contributed by atoms with van der Waals surface area (Å²) in [6.07, 6.45) is 3.45. The fourth-order valence-electron chi connectivity index (χ4n) is 5.97. The van der Waals surface area contributed by atoms with Gasteiger partial charge in [-0.1, -0.05) is 43.3 Å². The summed E-state index contributed by atoms with van der Waals surface area (Å²) < 4.78 is 19.0. The summed E-state index contributed by atoms with van der Waals surface area (Å²) in [6, 6.07) is 19.1. The summed E-state index contributed by atoms with van der Waals surface area (Å²) in [5.41, 5.74) is 4.57. The van der Waals surface area contributed by atoms with Crippen molar-refractivity contribution < 1.29 is 18.7 Å². The van der Waals surface area contributed by atoms with Gasteiger partial charge in [-0.05, 0) is 79.9 Å². The molecule has 0 aliphatic carbocycles. The number of urea groups is 1. The largest absolute Gasteiger partial charge is 0.495 e. The molecule has 226 valence electrons. The van der Waals surface area contributed by atoms with Crippen LogP contribution in [0.25, 0.3) is 10.9 Å². The van der Waals surface area contributed by atoms with Crippen LogP contribution in [-0.4, -0.2) is 67.1 Å². The van der Waals surface area contributed by atoms with Crippen molar-refractivity contribution in [2.75, 3.05) is 39.6 Å². The topological polar surface area (TPSA) is 89.7 Å². The number of likely N-dealkylation sites (tertiary alicyclic amines) is 1. The van der Waals surface area contributed by atoms with E-state index in [4.69, 9.17) is 4.74 Å². The number of amides is 3. The van der Waals surface area contributed by atoms with Crippen molar-refractivity contribution in [3.05, 3.63) is 95.4 Å². The van der Waals surface area contributed by atoms with Gasteiger partial charge in [0.1, 0.15) is 17.6 Å². The van der Waals surface area contributed by atoms with E-state index in [0.29, 0.717) is 31.1 Å². The second kappa shape index (κ2) is 13.3. The highest BCUT2D eigenvalue weighted by Gasteiger charge is 2.33. The number of nitrogens with zero attached hydrogens (tertiary/aromatic N) is 2. The normalized spacial score (nSPS) is 15.3. The molecule has 1 aromatic heterocycles. The number of methoxy groups -OCH3 is 1. The van der Waals surface area contributed by atoms with Crippen LogP contribution in [-0.2, 0) is 11.3 Å². The first-order chi connectivity index (χ1) is 20.7. The van der Waals surface area contributed by atoms with Crippen molar-refractivity contribution in [2.24, 2.45) is 0 Å². The molecule has 5 rings (SSSR count). The standard InChI is InChI=1S/C34H40FN5O3/c1-22(28-20-36-29-8-6-5-7-27(28)29)32(33(41)37-30-19-23(21-39(2)3)9-14-31(30)43-4)38-34(42)40-17-15-25(16-18-40)24-10-12-26(35)13-11-24/h5-14,19-20,22,25,32,36H,15-18,21H2,1-4H3,(H,37,41)(H,38,42)/t22-,32+/m0/s1. The van der Waals surface area contributed by atoms with Gasteiger partial charge >= 0.3 is 6.03 Å². The van der Waals surface area contributed by atoms with Crippen LogP contribution < -0.4 is 15.4 Å². The Morgan fingerprint density at radius 2 is 1.79 bits per heavy atom. The van der Waals surface area contributed by atoms with E-state index in [-0.39, 0.29) is 29.6 Å². The molecule has 3 aromatic carbocycles. The molecule has 0 bridgehead atoms. The maximum Gasteiger partial charge on any atom is 0.318 e. The Labute approximate surface area is 252 Å². The lowest BCUT2D eigenvalue weighted by Crippen LogP contribution is -2.53. The number of aromatic amines is 1. The van der Waals surface area contributed by atoms with Crippen LogP contribution in [0.4, 0.5) is 14.9 Å². The number of para-hydroxylation sites is 1. The molecule has 9 heteroatoms. The highest BCUT2D eigenvalue weighted by atomic mass is 19.1. The molecule has 2 atom stereocenters. The van der Waals surface area contributed by atoms with E-state index in [9.17, 15) is 14.0 Å². The third-order valence-electron chi connectivity index (χ3n) is 8.32. The zero-order chi connectivity index (χ0) is 30.5. The smallest absolute Gasteiger partial charge is 0.318 e. The fourth-order valence-corrected chi connectivity index (χ4v) is 5.97. The van der Waals surface area contributed by atoms with Gasteiger partial charge in [0.15, 0.2) is 0 Å². The number of rotatable bonds is 9. The van der Waals surface area contributed by atoms with Gasteiger partial charge < -0.3 is 30.2 Å². The molecule has 0 radical (unpaired) electrons. The number of hydrogen-bond donors (Lipinski definition) is 3. The van der Waals surface area contributed by atoms with Crippen LogP contribution in [0, 0.1) is 5.82 Å². The summed E-state index contributed by atoms with van der Waals surface area (Å²) in [5.74, 6) is -0.115. The first-order valence-electron chi connectivity index (χ1n) is 14.7. The van der Waals surface area contributed by atoms with Crippen molar-refractivity contribution >= 4 is 28.5 Å². The third-order valence-corrected chi connectivity index (χ3v) is 8.32. The number of anilines is 1. The Hall–Kier alpha value is -4.37. The molecular formula is C34H40FN5O3. The molecule has 0 unspecified atom stereocenters. The van der Waals surface area contributed by atoms with Crippen LogP contribution >= 0.6 is 0 Å².